The van der Waals surface area contributed by atoms with Gasteiger partial charge >= 0.3 is 0 Å². The minimum atomic E-state index is -0.377. The van der Waals surface area contributed by atoms with Gasteiger partial charge in [0.2, 0.25) is 5.91 Å². The molecule has 0 aliphatic rings. The average molecular weight is 419 g/mol. The molecule has 3 amide bonds. The average Bonchev–Trinajstić information content (AvgIpc) is 2.78. The summed E-state index contributed by atoms with van der Waals surface area (Å²) in [4.78, 5) is 47.5. The van der Waals surface area contributed by atoms with E-state index in [0.717, 1.165) is 0 Å². The Labute approximate surface area is 177 Å². The number of aryl methyl sites for hydroxylation is 1. The number of aromatic amines is 1. The van der Waals surface area contributed by atoms with Gasteiger partial charge in [0.25, 0.3) is 17.4 Å². The first-order valence-corrected chi connectivity index (χ1v) is 9.52. The number of aromatic nitrogens is 2. The summed E-state index contributed by atoms with van der Waals surface area (Å²) in [5, 5.41) is 14.2. The lowest BCUT2D eigenvalue weighted by Gasteiger charge is -2.09. The van der Waals surface area contributed by atoms with Crippen LogP contribution in [0.25, 0.3) is 0 Å². The molecule has 0 saturated carbocycles. The van der Waals surface area contributed by atoms with Crippen molar-refractivity contribution in [3.8, 4) is 0 Å². The second-order valence-corrected chi connectivity index (χ2v) is 6.66. The summed E-state index contributed by atoms with van der Waals surface area (Å²) in [6.07, 6.45) is 0.558. The van der Waals surface area contributed by atoms with Gasteiger partial charge < -0.3 is 16.0 Å². The molecule has 0 atom stereocenters. The molecular formula is C22H21N5O4. The standard InChI is InChI=1S/C22H21N5O4/c1-23-21(30)14-4-2-5-15(12-14)22(31)25-18-7-3-6-17(13-18)24-19(28)10-8-16-9-11-20(29)27-26-16/h2-7,9,11-13H,8,10H2,1H3,(H,23,30)(H,24,28)(H,25,31)(H,27,29). The molecule has 31 heavy (non-hydrogen) atoms. The van der Waals surface area contributed by atoms with Crippen LogP contribution < -0.4 is 21.5 Å². The van der Waals surface area contributed by atoms with Crippen molar-refractivity contribution in [2.45, 2.75) is 12.8 Å². The number of hydrogen-bond donors (Lipinski definition) is 4. The number of hydrogen-bond acceptors (Lipinski definition) is 5. The van der Waals surface area contributed by atoms with Gasteiger partial charge in [0.05, 0.1) is 5.69 Å². The zero-order valence-corrected chi connectivity index (χ0v) is 16.8. The van der Waals surface area contributed by atoms with Crippen LogP contribution in [-0.2, 0) is 11.2 Å². The third kappa shape index (κ3) is 6.10. The lowest BCUT2D eigenvalue weighted by molar-refractivity contribution is -0.116. The first kappa shape index (κ1) is 21.4. The maximum atomic E-state index is 12.5. The summed E-state index contributed by atoms with van der Waals surface area (Å²) < 4.78 is 0. The molecule has 4 N–H and O–H groups in total. The Bertz CT molecular complexity index is 1150. The van der Waals surface area contributed by atoms with Crippen LogP contribution in [0.2, 0.25) is 0 Å². The molecule has 1 aromatic heterocycles. The van der Waals surface area contributed by atoms with Crippen LogP contribution in [0.1, 0.15) is 32.8 Å². The predicted octanol–water partition coefficient (Wildman–Crippen LogP) is 1.95. The van der Waals surface area contributed by atoms with Gasteiger partial charge in [-0.2, -0.15) is 5.10 Å². The summed E-state index contributed by atoms with van der Waals surface area (Å²) in [6.45, 7) is 0. The second kappa shape index (κ2) is 9.97. The van der Waals surface area contributed by atoms with E-state index < -0.39 is 0 Å². The fourth-order valence-electron chi connectivity index (χ4n) is 2.80. The van der Waals surface area contributed by atoms with E-state index in [2.05, 4.69) is 26.1 Å². The first-order valence-electron chi connectivity index (χ1n) is 9.52. The number of nitrogens with one attached hydrogen (secondary N) is 4. The topological polar surface area (TPSA) is 133 Å². The van der Waals surface area contributed by atoms with Gasteiger partial charge in [0.1, 0.15) is 0 Å². The van der Waals surface area contributed by atoms with E-state index in [-0.39, 0.29) is 29.7 Å². The van der Waals surface area contributed by atoms with Crippen molar-refractivity contribution in [1.29, 1.82) is 0 Å². The Morgan fingerprint density at radius 1 is 0.871 bits per heavy atom. The number of anilines is 2. The summed E-state index contributed by atoms with van der Waals surface area (Å²) >= 11 is 0. The van der Waals surface area contributed by atoms with Gasteiger partial charge in [-0.1, -0.05) is 12.1 Å². The van der Waals surface area contributed by atoms with Crippen molar-refractivity contribution >= 4 is 29.1 Å². The van der Waals surface area contributed by atoms with Crippen LogP contribution in [0.5, 0.6) is 0 Å². The molecule has 3 rings (SSSR count). The van der Waals surface area contributed by atoms with E-state index >= 15 is 0 Å². The second-order valence-electron chi connectivity index (χ2n) is 6.66. The van der Waals surface area contributed by atoms with Gasteiger partial charge in [-0.25, -0.2) is 5.10 Å². The lowest BCUT2D eigenvalue weighted by Crippen LogP contribution is -2.19. The molecule has 0 spiro atoms. The van der Waals surface area contributed by atoms with Gasteiger partial charge in [-0.05, 0) is 42.5 Å². The molecule has 0 saturated heterocycles. The molecular weight excluding hydrogens is 398 g/mol. The molecule has 0 radical (unpaired) electrons. The number of rotatable bonds is 7. The number of H-pyrrole nitrogens is 1. The van der Waals surface area contributed by atoms with Gasteiger partial charge in [0, 0.05) is 48.5 Å². The molecule has 158 valence electrons. The molecule has 0 aliphatic heterocycles. The number of amides is 3. The zero-order valence-electron chi connectivity index (χ0n) is 16.8. The Balaban J connectivity index is 1.60. The predicted molar refractivity (Wildman–Crippen MR) is 116 cm³/mol. The minimum Gasteiger partial charge on any atom is -0.355 e. The summed E-state index contributed by atoms with van der Waals surface area (Å²) in [6, 6.07) is 16.0. The van der Waals surface area contributed by atoms with E-state index in [0.29, 0.717) is 34.6 Å². The molecule has 0 fully saturated rings. The Hall–Kier alpha value is -4.27. The van der Waals surface area contributed by atoms with Crippen molar-refractivity contribution in [1.82, 2.24) is 15.5 Å². The highest BCUT2D eigenvalue weighted by Gasteiger charge is 2.11. The molecule has 0 bridgehead atoms. The van der Waals surface area contributed by atoms with Crippen LogP contribution in [0.3, 0.4) is 0 Å². The monoisotopic (exact) mass is 419 g/mol. The fraction of sp³-hybridized carbons (Fsp3) is 0.136. The van der Waals surface area contributed by atoms with Crippen LogP contribution in [-0.4, -0.2) is 35.0 Å². The van der Waals surface area contributed by atoms with Crippen LogP contribution in [0, 0.1) is 0 Å². The SMILES string of the molecule is CNC(=O)c1cccc(C(=O)Nc2cccc(NC(=O)CCc3ccc(=O)[nH]n3)c2)c1. The molecule has 9 nitrogen and oxygen atoms in total. The minimum absolute atomic E-state index is 0.182. The van der Waals surface area contributed by atoms with Gasteiger partial charge in [-0.15, -0.1) is 0 Å². The highest BCUT2D eigenvalue weighted by Crippen LogP contribution is 2.17. The summed E-state index contributed by atoms with van der Waals surface area (Å²) in [5.41, 5.74) is 2.05. The molecule has 1 heterocycles. The zero-order chi connectivity index (χ0) is 22.2. The maximum absolute atomic E-state index is 12.5. The Morgan fingerprint density at radius 3 is 2.23 bits per heavy atom. The summed E-state index contributed by atoms with van der Waals surface area (Å²) in [5.74, 6) is -0.885. The van der Waals surface area contributed by atoms with E-state index in [1.807, 2.05) is 0 Å². The van der Waals surface area contributed by atoms with Crippen molar-refractivity contribution in [3.63, 3.8) is 0 Å². The maximum Gasteiger partial charge on any atom is 0.264 e. The summed E-state index contributed by atoms with van der Waals surface area (Å²) in [7, 11) is 1.52. The van der Waals surface area contributed by atoms with Gasteiger partial charge in [0.15, 0.2) is 0 Å². The largest absolute Gasteiger partial charge is 0.355 e. The molecule has 0 aliphatic carbocycles. The van der Waals surface area contributed by atoms with E-state index in [4.69, 9.17) is 0 Å². The molecule has 0 unspecified atom stereocenters. The quantitative estimate of drug-likeness (QED) is 0.465. The molecule has 3 aromatic rings. The van der Waals surface area contributed by atoms with Crippen LogP contribution >= 0.6 is 0 Å². The van der Waals surface area contributed by atoms with Crippen LogP contribution in [0.15, 0.2) is 65.5 Å². The number of nitrogens with zero attached hydrogens (tertiary/aromatic N) is 1. The third-order valence-corrected chi connectivity index (χ3v) is 4.36. The van der Waals surface area contributed by atoms with E-state index in [1.165, 1.54) is 19.2 Å². The Morgan fingerprint density at radius 2 is 1.55 bits per heavy atom. The van der Waals surface area contributed by atoms with E-state index in [9.17, 15) is 19.2 Å². The number of carbonyl (C=O) groups excluding carboxylic acids is 3. The van der Waals surface area contributed by atoms with Gasteiger partial charge in [-0.3, -0.25) is 19.2 Å². The number of carbonyl (C=O) groups is 3. The smallest absolute Gasteiger partial charge is 0.264 e. The Kier molecular flexibility index (Phi) is 6.89. The molecule has 9 heteroatoms. The van der Waals surface area contributed by atoms with Crippen LogP contribution in [0.4, 0.5) is 11.4 Å². The fourth-order valence-corrected chi connectivity index (χ4v) is 2.80. The van der Waals surface area contributed by atoms with E-state index in [1.54, 1.807) is 48.5 Å². The number of benzene rings is 2. The highest BCUT2D eigenvalue weighted by atomic mass is 16.2. The molecule has 2 aromatic carbocycles. The van der Waals surface area contributed by atoms with Crippen molar-refractivity contribution in [2.24, 2.45) is 0 Å². The van der Waals surface area contributed by atoms with Crippen molar-refractivity contribution in [2.75, 3.05) is 17.7 Å². The normalized spacial score (nSPS) is 10.2. The first-order chi connectivity index (χ1) is 14.9. The van der Waals surface area contributed by atoms with Crippen molar-refractivity contribution in [3.05, 3.63) is 87.8 Å². The van der Waals surface area contributed by atoms with Crippen molar-refractivity contribution < 1.29 is 14.4 Å². The third-order valence-electron chi connectivity index (χ3n) is 4.36. The lowest BCUT2D eigenvalue weighted by atomic mass is 10.1. The highest BCUT2D eigenvalue weighted by molar-refractivity contribution is 6.06.